The second-order valence-electron chi connectivity index (χ2n) is 3.97. The van der Waals surface area contributed by atoms with Crippen molar-refractivity contribution >= 4 is 27.6 Å². The first-order valence-corrected chi connectivity index (χ1v) is 7.17. The van der Waals surface area contributed by atoms with Crippen molar-refractivity contribution in [2.45, 2.75) is 11.1 Å². The van der Waals surface area contributed by atoms with Crippen molar-refractivity contribution in [3.05, 3.63) is 11.2 Å². The number of halogens is 1. The van der Waals surface area contributed by atoms with Crippen molar-refractivity contribution in [1.82, 2.24) is 14.1 Å². The van der Waals surface area contributed by atoms with Crippen LogP contribution in [-0.2, 0) is 26.6 Å². The molecule has 1 saturated heterocycles. The van der Waals surface area contributed by atoms with Gasteiger partial charge in [0.2, 0.25) is 0 Å². The SMILES string of the molecule is Cn1ncc(Cl)c1S(=O)(=O)N1CCOCC1C(=O)O. The third-order valence-corrected chi connectivity index (χ3v) is 5.18. The summed E-state index contributed by atoms with van der Waals surface area (Å²) < 4.78 is 31.9. The van der Waals surface area contributed by atoms with Crippen LogP contribution in [0, 0.1) is 0 Å². The van der Waals surface area contributed by atoms with E-state index < -0.39 is 22.0 Å². The Hall–Kier alpha value is -1.16. The number of hydrogen-bond acceptors (Lipinski definition) is 5. The van der Waals surface area contributed by atoms with Gasteiger partial charge in [-0.25, -0.2) is 8.42 Å². The van der Waals surface area contributed by atoms with Crippen molar-refractivity contribution in [2.24, 2.45) is 7.05 Å². The summed E-state index contributed by atoms with van der Waals surface area (Å²) >= 11 is 5.81. The minimum atomic E-state index is -4.03. The van der Waals surface area contributed by atoms with Gasteiger partial charge in [-0.2, -0.15) is 9.40 Å². The topological polar surface area (TPSA) is 102 Å². The highest BCUT2D eigenvalue weighted by atomic mass is 35.5. The quantitative estimate of drug-likeness (QED) is 0.811. The van der Waals surface area contributed by atoms with Gasteiger partial charge in [0.15, 0.2) is 5.03 Å². The van der Waals surface area contributed by atoms with Gasteiger partial charge in [-0.05, 0) is 0 Å². The zero-order chi connectivity index (χ0) is 14.2. The molecule has 1 N–H and O–H groups in total. The van der Waals surface area contributed by atoms with Crippen molar-refractivity contribution < 1.29 is 23.1 Å². The van der Waals surface area contributed by atoms with Crippen LogP contribution in [0.25, 0.3) is 0 Å². The number of sulfonamides is 1. The molecule has 0 radical (unpaired) electrons. The molecule has 0 amide bonds. The van der Waals surface area contributed by atoms with E-state index in [2.05, 4.69) is 5.10 Å². The number of nitrogens with zero attached hydrogens (tertiary/aromatic N) is 3. The van der Waals surface area contributed by atoms with Crippen LogP contribution in [0.5, 0.6) is 0 Å². The summed E-state index contributed by atoms with van der Waals surface area (Å²) in [7, 11) is -2.61. The molecule has 1 aromatic heterocycles. The van der Waals surface area contributed by atoms with E-state index >= 15 is 0 Å². The maximum atomic E-state index is 12.5. The van der Waals surface area contributed by atoms with Gasteiger partial charge in [-0.1, -0.05) is 11.6 Å². The zero-order valence-corrected chi connectivity index (χ0v) is 11.6. The van der Waals surface area contributed by atoms with E-state index in [9.17, 15) is 13.2 Å². The fourth-order valence-electron chi connectivity index (χ4n) is 1.87. The summed E-state index contributed by atoms with van der Waals surface area (Å²) in [6.45, 7) is -0.0939. The summed E-state index contributed by atoms with van der Waals surface area (Å²) in [5, 5.41) is 12.6. The molecular weight excluding hydrogens is 298 g/mol. The molecule has 8 nitrogen and oxygen atoms in total. The number of carbonyl (C=O) groups is 1. The molecule has 10 heteroatoms. The predicted molar refractivity (Wildman–Crippen MR) is 64.4 cm³/mol. The number of hydrogen-bond donors (Lipinski definition) is 1. The minimum absolute atomic E-state index is 0.0409. The van der Waals surface area contributed by atoms with Gasteiger partial charge in [-0.3, -0.25) is 9.48 Å². The lowest BCUT2D eigenvalue weighted by molar-refractivity contribution is -0.146. The van der Waals surface area contributed by atoms with Gasteiger partial charge in [0.25, 0.3) is 10.0 Å². The van der Waals surface area contributed by atoms with Crippen molar-refractivity contribution in [1.29, 1.82) is 0 Å². The number of rotatable bonds is 3. The molecule has 0 saturated carbocycles. The summed E-state index contributed by atoms with van der Waals surface area (Å²) in [6, 6.07) is -1.26. The van der Waals surface area contributed by atoms with E-state index in [1.165, 1.54) is 13.2 Å². The second kappa shape index (κ2) is 5.08. The van der Waals surface area contributed by atoms with Gasteiger partial charge < -0.3 is 9.84 Å². The Morgan fingerprint density at radius 3 is 2.84 bits per heavy atom. The molecule has 1 unspecified atom stereocenters. The normalized spacial score (nSPS) is 21.5. The lowest BCUT2D eigenvalue weighted by Crippen LogP contribution is -2.52. The number of aromatic nitrogens is 2. The van der Waals surface area contributed by atoms with E-state index in [0.717, 1.165) is 8.99 Å². The third-order valence-electron chi connectivity index (χ3n) is 2.76. The molecule has 106 valence electrons. The maximum Gasteiger partial charge on any atom is 0.324 e. The van der Waals surface area contributed by atoms with E-state index in [1.54, 1.807) is 0 Å². The Morgan fingerprint density at radius 1 is 1.63 bits per heavy atom. The highest BCUT2D eigenvalue weighted by molar-refractivity contribution is 7.89. The van der Waals surface area contributed by atoms with Gasteiger partial charge in [-0.15, -0.1) is 0 Å². The molecule has 1 atom stereocenters. The summed E-state index contributed by atoms with van der Waals surface area (Å²) in [4.78, 5) is 11.1. The van der Waals surface area contributed by atoms with Crippen LogP contribution in [0.1, 0.15) is 0 Å². The number of carboxylic acids is 1. The maximum absolute atomic E-state index is 12.5. The van der Waals surface area contributed by atoms with E-state index in [-0.39, 0.29) is 29.8 Å². The molecule has 2 rings (SSSR count). The van der Waals surface area contributed by atoms with Crippen LogP contribution in [-0.4, -0.2) is 59.4 Å². The van der Waals surface area contributed by atoms with Crippen LogP contribution in [0.2, 0.25) is 5.02 Å². The number of aryl methyl sites for hydroxylation is 1. The number of carboxylic acid groups (broad SMARTS) is 1. The number of ether oxygens (including phenoxy) is 1. The summed E-state index contributed by atoms with van der Waals surface area (Å²) in [5.74, 6) is -1.26. The molecule has 0 aliphatic carbocycles. The van der Waals surface area contributed by atoms with Gasteiger partial charge >= 0.3 is 5.97 Å². The van der Waals surface area contributed by atoms with E-state index in [4.69, 9.17) is 21.4 Å². The van der Waals surface area contributed by atoms with Crippen LogP contribution >= 0.6 is 11.6 Å². The van der Waals surface area contributed by atoms with Crippen molar-refractivity contribution in [3.8, 4) is 0 Å². The molecule has 0 spiro atoms. The third kappa shape index (κ3) is 2.46. The molecule has 1 aliphatic heterocycles. The van der Waals surface area contributed by atoms with Crippen LogP contribution in [0.3, 0.4) is 0 Å². The predicted octanol–water partition coefficient (Wildman–Crippen LogP) is -0.452. The Bertz CT molecular complexity index is 579. The van der Waals surface area contributed by atoms with Crippen LogP contribution in [0.4, 0.5) is 0 Å². The highest BCUT2D eigenvalue weighted by Crippen LogP contribution is 2.26. The smallest absolute Gasteiger partial charge is 0.324 e. The molecule has 0 aromatic carbocycles. The van der Waals surface area contributed by atoms with Crippen molar-refractivity contribution in [2.75, 3.05) is 19.8 Å². The zero-order valence-electron chi connectivity index (χ0n) is 9.98. The fourth-order valence-corrected chi connectivity index (χ4v) is 4.03. The monoisotopic (exact) mass is 309 g/mol. The summed E-state index contributed by atoms with van der Waals surface area (Å²) in [6.07, 6.45) is 1.20. The van der Waals surface area contributed by atoms with Gasteiger partial charge in [0.1, 0.15) is 6.04 Å². The highest BCUT2D eigenvalue weighted by Gasteiger charge is 2.40. The first kappa shape index (κ1) is 14.3. The molecular formula is C9H12ClN3O5S. The molecule has 19 heavy (non-hydrogen) atoms. The number of morpholine rings is 1. The average molecular weight is 310 g/mol. The van der Waals surface area contributed by atoms with E-state index in [0.29, 0.717) is 0 Å². The van der Waals surface area contributed by atoms with Crippen LogP contribution in [0.15, 0.2) is 11.2 Å². The second-order valence-corrected chi connectivity index (χ2v) is 6.18. The first-order chi connectivity index (χ1) is 8.85. The molecule has 1 aromatic rings. The number of aliphatic carboxylic acids is 1. The molecule has 1 aliphatic rings. The average Bonchev–Trinajstić information content (AvgIpc) is 2.69. The van der Waals surface area contributed by atoms with Crippen molar-refractivity contribution in [3.63, 3.8) is 0 Å². The Morgan fingerprint density at radius 2 is 2.32 bits per heavy atom. The first-order valence-electron chi connectivity index (χ1n) is 5.35. The largest absolute Gasteiger partial charge is 0.480 e. The van der Waals surface area contributed by atoms with Crippen LogP contribution < -0.4 is 0 Å². The van der Waals surface area contributed by atoms with Gasteiger partial charge in [0, 0.05) is 13.6 Å². The molecule has 1 fully saturated rings. The lowest BCUT2D eigenvalue weighted by atomic mass is 10.3. The lowest BCUT2D eigenvalue weighted by Gasteiger charge is -2.31. The molecule has 0 bridgehead atoms. The Balaban J connectivity index is 2.46. The van der Waals surface area contributed by atoms with Gasteiger partial charge in [0.05, 0.1) is 24.4 Å². The Labute approximate surface area is 114 Å². The minimum Gasteiger partial charge on any atom is -0.480 e. The fraction of sp³-hybridized carbons (Fsp3) is 0.556. The molecule has 2 heterocycles. The standard InChI is InChI=1S/C9H12ClN3O5S/c1-12-8(6(10)4-11-12)19(16,17)13-2-3-18-5-7(13)9(14)15/h4,7H,2-3,5H2,1H3,(H,14,15). The summed E-state index contributed by atoms with van der Waals surface area (Å²) in [5.41, 5.74) is 0. The van der Waals surface area contributed by atoms with E-state index in [1.807, 2.05) is 0 Å². The Kier molecular flexibility index (Phi) is 3.81.